The molecular formula is C20H21FN6O. The van der Waals surface area contributed by atoms with E-state index >= 15 is 0 Å². The molecule has 0 spiro atoms. The third-order valence-corrected chi connectivity index (χ3v) is 4.31. The third-order valence-electron chi connectivity index (χ3n) is 4.31. The zero-order valence-electron chi connectivity index (χ0n) is 15.5. The van der Waals surface area contributed by atoms with Crippen LogP contribution in [0.15, 0.2) is 48.5 Å². The monoisotopic (exact) mass is 380 g/mol. The van der Waals surface area contributed by atoms with E-state index < -0.39 is 0 Å². The number of anilines is 5. The van der Waals surface area contributed by atoms with Gasteiger partial charge in [0.2, 0.25) is 17.8 Å². The van der Waals surface area contributed by atoms with Crippen LogP contribution in [-0.2, 0) is 4.74 Å². The normalized spacial score (nSPS) is 14.0. The van der Waals surface area contributed by atoms with Crippen molar-refractivity contribution in [2.24, 2.45) is 0 Å². The van der Waals surface area contributed by atoms with Crippen LogP contribution < -0.4 is 15.5 Å². The Hall–Kier alpha value is -3.26. The topological polar surface area (TPSA) is 75.2 Å². The van der Waals surface area contributed by atoms with E-state index in [2.05, 4.69) is 25.6 Å². The largest absolute Gasteiger partial charge is 0.378 e. The lowest BCUT2D eigenvalue weighted by molar-refractivity contribution is 0.122. The van der Waals surface area contributed by atoms with Crippen LogP contribution in [0.2, 0.25) is 0 Å². The Morgan fingerprint density at radius 1 is 0.893 bits per heavy atom. The van der Waals surface area contributed by atoms with Gasteiger partial charge in [0.1, 0.15) is 5.82 Å². The summed E-state index contributed by atoms with van der Waals surface area (Å²) in [6.45, 7) is 4.68. The molecular weight excluding hydrogens is 359 g/mol. The summed E-state index contributed by atoms with van der Waals surface area (Å²) in [7, 11) is 0. The fraction of sp³-hybridized carbons (Fsp3) is 0.250. The molecule has 2 heterocycles. The van der Waals surface area contributed by atoms with Gasteiger partial charge in [-0.1, -0.05) is 23.8 Å². The van der Waals surface area contributed by atoms with Crippen molar-refractivity contribution in [3.63, 3.8) is 0 Å². The number of aryl methyl sites for hydroxylation is 1. The van der Waals surface area contributed by atoms with E-state index in [1.54, 1.807) is 12.1 Å². The van der Waals surface area contributed by atoms with Crippen LogP contribution in [0.5, 0.6) is 0 Å². The highest BCUT2D eigenvalue weighted by molar-refractivity contribution is 5.59. The minimum absolute atomic E-state index is 0.328. The molecule has 0 saturated carbocycles. The molecule has 144 valence electrons. The number of nitrogens with one attached hydrogen (secondary N) is 2. The Labute approximate surface area is 162 Å². The number of hydrogen-bond donors (Lipinski definition) is 2. The Kier molecular flexibility index (Phi) is 5.29. The smallest absolute Gasteiger partial charge is 0.233 e. The molecule has 2 N–H and O–H groups in total. The minimum atomic E-state index is -0.328. The molecule has 1 aliphatic heterocycles. The van der Waals surface area contributed by atoms with Crippen LogP contribution >= 0.6 is 0 Å². The second-order valence-electron chi connectivity index (χ2n) is 6.51. The van der Waals surface area contributed by atoms with Crippen LogP contribution in [0, 0.1) is 12.7 Å². The Bertz CT molecular complexity index is 944. The summed E-state index contributed by atoms with van der Waals surface area (Å²) in [6, 6.07) is 14.1. The average Bonchev–Trinajstić information content (AvgIpc) is 2.70. The fourth-order valence-electron chi connectivity index (χ4n) is 2.84. The van der Waals surface area contributed by atoms with Gasteiger partial charge in [0.15, 0.2) is 0 Å². The Morgan fingerprint density at radius 2 is 1.57 bits per heavy atom. The van der Waals surface area contributed by atoms with Gasteiger partial charge in [-0.3, -0.25) is 0 Å². The first kappa shape index (κ1) is 18.1. The molecule has 2 aromatic carbocycles. The second kappa shape index (κ2) is 8.18. The minimum Gasteiger partial charge on any atom is -0.378 e. The molecule has 1 saturated heterocycles. The van der Waals surface area contributed by atoms with Crippen LogP contribution in [0.4, 0.5) is 33.6 Å². The summed E-state index contributed by atoms with van der Waals surface area (Å²) in [4.78, 5) is 15.6. The van der Waals surface area contributed by atoms with E-state index in [1.807, 2.05) is 36.1 Å². The van der Waals surface area contributed by atoms with Crippen molar-refractivity contribution < 1.29 is 9.13 Å². The maximum absolute atomic E-state index is 13.5. The summed E-state index contributed by atoms with van der Waals surface area (Å²) in [5.74, 6) is 0.980. The van der Waals surface area contributed by atoms with Crippen LogP contribution in [0.3, 0.4) is 0 Å². The second-order valence-corrected chi connectivity index (χ2v) is 6.51. The molecule has 0 bridgehead atoms. The Balaban J connectivity index is 1.64. The van der Waals surface area contributed by atoms with Gasteiger partial charge in [-0.2, -0.15) is 15.0 Å². The van der Waals surface area contributed by atoms with Gasteiger partial charge in [0.05, 0.1) is 13.2 Å². The number of ether oxygens (including phenoxy) is 1. The standard InChI is InChI=1S/C20H21FN6O/c1-14-5-7-16(8-6-14)22-18-24-19(23-17-4-2-3-15(21)13-17)26-20(25-18)27-9-11-28-12-10-27/h2-8,13H,9-12H2,1H3,(H2,22,23,24,25,26). The summed E-state index contributed by atoms with van der Waals surface area (Å²) in [6.07, 6.45) is 0. The lowest BCUT2D eigenvalue weighted by Gasteiger charge is -2.27. The molecule has 0 amide bonds. The van der Waals surface area contributed by atoms with Crippen molar-refractivity contribution in [2.45, 2.75) is 6.92 Å². The number of halogens is 1. The average molecular weight is 380 g/mol. The SMILES string of the molecule is Cc1ccc(Nc2nc(Nc3cccc(F)c3)nc(N3CCOCC3)n2)cc1. The van der Waals surface area contributed by atoms with E-state index in [-0.39, 0.29) is 5.82 Å². The number of rotatable bonds is 5. The summed E-state index contributed by atoms with van der Waals surface area (Å²) >= 11 is 0. The summed E-state index contributed by atoms with van der Waals surface area (Å²) < 4.78 is 18.9. The highest BCUT2D eigenvalue weighted by Gasteiger charge is 2.17. The molecule has 0 unspecified atom stereocenters. The molecule has 28 heavy (non-hydrogen) atoms. The van der Waals surface area contributed by atoms with Gasteiger partial charge >= 0.3 is 0 Å². The zero-order valence-corrected chi connectivity index (χ0v) is 15.5. The number of benzene rings is 2. The van der Waals surface area contributed by atoms with Crippen molar-refractivity contribution in [1.29, 1.82) is 0 Å². The van der Waals surface area contributed by atoms with Crippen LogP contribution in [-0.4, -0.2) is 41.3 Å². The maximum Gasteiger partial charge on any atom is 0.233 e. The van der Waals surface area contributed by atoms with E-state index in [0.717, 1.165) is 5.69 Å². The van der Waals surface area contributed by atoms with Gasteiger partial charge in [0, 0.05) is 24.5 Å². The lowest BCUT2D eigenvalue weighted by atomic mass is 10.2. The molecule has 0 radical (unpaired) electrons. The molecule has 4 rings (SSSR count). The van der Waals surface area contributed by atoms with Crippen molar-refractivity contribution >= 4 is 29.2 Å². The highest BCUT2D eigenvalue weighted by atomic mass is 19.1. The summed E-state index contributed by atoms with van der Waals surface area (Å²) in [5.41, 5.74) is 2.62. The van der Waals surface area contributed by atoms with E-state index in [0.29, 0.717) is 49.8 Å². The maximum atomic E-state index is 13.5. The van der Waals surface area contributed by atoms with Crippen molar-refractivity contribution in [1.82, 2.24) is 15.0 Å². The van der Waals surface area contributed by atoms with Crippen molar-refractivity contribution in [3.8, 4) is 0 Å². The first-order valence-electron chi connectivity index (χ1n) is 9.11. The first-order valence-corrected chi connectivity index (χ1v) is 9.11. The van der Waals surface area contributed by atoms with Crippen molar-refractivity contribution in [2.75, 3.05) is 41.8 Å². The van der Waals surface area contributed by atoms with Gasteiger partial charge in [-0.05, 0) is 37.3 Å². The number of aromatic nitrogens is 3. The van der Waals surface area contributed by atoms with Crippen LogP contribution in [0.1, 0.15) is 5.56 Å². The molecule has 0 aliphatic carbocycles. The molecule has 7 nitrogen and oxygen atoms in total. The van der Waals surface area contributed by atoms with E-state index in [1.165, 1.54) is 17.7 Å². The van der Waals surface area contributed by atoms with E-state index in [9.17, 15) is 4.39 Å². The fourth-order valence-corrected chi connectivity index (χ4v) is 2.84. The van der Waals surface area contributed by atoms with Crippen LogP contribution in [0.25, 0.3) is 0 Å². The van der Waals surface area contributed by atoms with E-state index in [4.69, 9.17) is 4.74 Å². The first-order chi connectivity index (χ1) is 13.7. The Morgan fingerprint density at radius 3 is 2.25 bits per heavy atom. The van der Waals surface area contributed by atoms with Gasteiger partial charge < -0.3 is 20.3 Å². The predicted molar refractivity (Wildman–Crippen MR) is 107 cm³/mol. The molecule has 8 heteroatoms. The zero-order chi connectivity index (χ0) is 19.3. The number of hydrogen-bond acceptors (Lipinski definition) is 7. The molecule has 1 fully saturated rings. The quantitative estimate of drug-likeness (QED) is 0.700. The molecule has 3 aromatic rings. The molecule has 1 aromatic heterocycles. The molecule has 1 aliphatic rings. The van der Waals surface area contributed by atoms with Gasteiger partial charge in [0.25, 0.3) is 0 Å². The third kappa shape index (κ3) is 4.52. The van der Waals surface area contributed by atoms with Crippen molar-refractivity contribution in [3.05, 3.63) is 59.9 Å². The summed E-state index contributed by atoms with van der Waals surface area (Å²) in [5, 5.41) is 6.27. The molecule has 0 atom stereocenters. The van der Waals surface area contributed by atoms with Gasteiger partial charge in [-0.15, -0.1) is 0 Å². The number of nitrogens with zero attached hydrogens (tertiary/aromatic N) is 4. The predicted octanol–water partition coefficient (Wildman–Crippen LogP) is 3.64. The lowest BCUT2D eigenvalue weighted by Crippen LogP contribution is -2.37. The number of morpholine rings is 1. The van der Waals surface area contributed by atoms with Gasteiger partial charge in [-0.25, -0.2) is 4.39 Å². The highest BCUT2D eigenvalue weighted by Crippen LogP contribution is 2.21.